The number of carbonyl (C=O) groups is 2. The number of benzene rings is 2. The van der Waals surface area contributed by atoms with Crippen LogP contribution in [-0.2, 0) is 9.59 Å². The fraction of sp³-hybridized carbons (Fsp3) is 0.292. The van der Waals surface area contributed by atoms with Crippen LogP contribution in [0.4, 0.5) is 10.1 Å². The Hall–Kier alpha value is -2.99. The van der Waals surface area contributed by atoms with Gasteiger partial charge in [0, 0.05) is 35.4 Å². The first-order valence-electron chi connectivity index (χ1n) is 10.1. The maximum atomic E-state index is 13.9. The summed E-state index contributed by atoms with van der Waals surface area (Å²) in [7, 11) is 0. The zero-order valence-corrected chi connectivity index (χ0v) is 18.1. The fourth-order valence-corrected chi connectivity index (χ4v) is 4.54. The highest BCUT2D eigenvalue weighted by Crippen LogP contribution is 2.44. The molecule has 1 aromatic heterocycles. The van der Waals surface area contributed by atoms with Crippen LogP contribution < -0.4 is 5.32 Å². The van der Waals surface area contributed by atoms with Gasteiger partial charge >= 0.3 is 11.8 Å². The van der Waals surface area contributed by atoms with E-state index in [4.69, 9.17) is 11.6 Å². The van der Waals surface area contributed by atoms with Crippen LogP contribution >= 0.6 is 11.6 Å². The summed E-state index contributed by atoms with van der Waals surface area (Å²) in [6.45, 7) is 5.00. The van der Waals surface area contributed by atoms with Crippen molar-refractivity contribution in [2.24, 2.45) is 5.41 Å². The minimum absolute atomic E-state index is 0.100. The second-order valence-electron chi connectivity index (χ2n) is 8.58. The number of fused-ring (bicyclic) bond motifs is 1. The molecule has 0 radical (unpaired) electrons. The van der Waals surface area contributed by atoms with Crippen molar-refractivity contribution in [1.29, 1.82) is 0 Å². The Kier molecular flexibility index (Phi) is 5.67. The molecular weight excluding hydrogens is 417 g/mol. The molecule has 2 aromatic carbocycles. The molecular formula is C24H23ClFN3O2. The summed E-state index contributed by atoms with van der Waals surface area (Å²) in [6, 6.07) is 13.1. The number of carbonyl (C=O) groups excluding carboxylic acids is 2. The molecule has 4 rings (SSSR count). The molecule has 1 aliphatic heterocycles. The molecule has 0 aliphatic carbocycles. The summed E-state index contributed by atoms with van der Waals surface area (Å²) >= 11 is 5.86. The second-order valence-corrected chi connectivity index (χ2v) is 9.02. The molecule has 1 saturated heterocycles. The Balaban J connectivity index is 1.52. The van der Waals surface area contributed by atoms with Gasteiger partial charge in [0.2, 0.25) is 0 Å². The lowest BCUT2D eigenvalue weighted by molar-refractivity contribution is -0.145. The quantitative estimate of drug-likeness (QED) is 0.571. The summed E-state index contributed by atoms with van der Waals surface area (Å²) in [4.78, 5) is 31.2. The number of halogens is 2. The molecule has 1 aliphatic rings. The summed E-state index contributed by atoms with van der Waals surface area (Å²) in [5.41, 5.74) is 1.97. The molecule has 0 saturated carbocycles. The molecule has 0 bridgehead atoms. The third-order valence-corrected chi connectivity index (χ3v) is 6.18. The van der Waals surface area contributed by atoms with Gasteiger partial charge in [0.1, 0.15) is 5.82 Å². The van der Waals surface area contributed by atoms with Gasteiger partial charge in [-0.2, -0.15) is 0 Å². The van der Waals surface area contributed by atoms with Crippen molar-refractivity contribution in [3.05, 3.63) is 71.1 Å². The van der Waals surface area contributed by atoms with Gasteiger partial charge in [-0.05, 0) is 71.8 Å². The number of anilines is 1. The zero-order valence-electron chi connectivity index (χ0n) is 17.4. The first-order valence-corrected chi connectivity index (χ1v) is 10.5. The number of hydrogen-bond donors (Lipinski definition) is 1. The summed E-state index contributed by atoms with van der Waals surface area (Å²) in [6.07, 6.45) is 2.41. The minimum Gasteiger partial charge on any atom is -0.334 e. The molecule has 5 nitrogen and oxygen atoms in total. The van der Waals surface area contributed by atoms with E-state index in [2.05, 4.69) is 24.1 Å². The number of rotatable bonds is 2. The summed E-state index contributed by atoms with van der Waals surface area (Å²) < 4.78 is 13.9. The normalized spacial score (nSPS) is 18.1. The lowest BCUT2D eigenvalue weighted by atomic mass is 9.70. The average Bonchev–Trinajstić information content (AvgIpc) is 2.74. The van der Waals surface area contributed by atoms with Crippen molar-refractivity contribution < 1.29 is 14.0 Å². The SMILES string of the molecule is CC1(C)CN(C(=O)C(=O)Nc2ccc(Cl)cc2)CCC1c1ccnc2ccc(F)cc12. The fourth-order valence-electron chi connectivity index (χ4n) is 4.41. The van der Waals surface area contributed by atoms with Crippen molar-refractivity contribution in [2.75, 3.05) is 18.4 Å². The maximum Gasteiger partial charge on any atom is 0.313 e. The predicted octanol–water partition coefficient (Wildman–Crippen LogP) is 5.01. The van der Waals surface area contributed by atoms with Gasteiger partial charge in [-0.15, -0.1) is 0 Å². The zero-order chi connectivity index (χ0) is 22.2. The Morgan fingerprint density at radius 1 is 1.16 bits per heavy atom. The van der Waals surface area contributed by atoms with Gasteiger partial charge in [0.05, 0.1) is 5.52 Å². The van der Waals surface area contributed by atoms with E-state index in [1.54, 1.807) is 41.4 Å². The largest absolute Gasteiger partial charge is 0.334 e. The summed E-state index contributed by atoms with van der Waals surface area (Å²) in [5.74, 6) is -1.44. The van der Waals surface area contributed by atoms with E-state index in [0.29, 0.717) is 30.2 Å². The number of likely N-dealkylation sites (tertiary alicyclic amines) is 1. The third-order valence-electron chi connectivity index (χ3n) is 5.93. The number of piperidine rings is 1. The predicted molar refractivity (Wildman–Crippen MR) is 120 cm³/mol. The van der Waals surface area contributed by atoms with Crippen LogP contribution in [0.3, 0.4) is 0 Å². The third kappa shape index (κ3) is 4.39. The van der Waals surface area contributed by atoms with Crippen molar-refractivity contribution in [2.45, 2.75) is 26.2 Å². The van der Waals surface area contributed by atoms with Crippen molar-refractivity contribution >= 4 is 40.0 Å². The lowest BCUT2D eigenvalue weighted by Crippen LogP contribution is -2.50. The molecule has 1 fully saturated rings. The molecule has 2 heterocycles. The van der Waals surface area contributed by atoms with Gasteiger partial charge in [-0.3, -0.25) is 14.6 Å². The molecule has 160 valence electrons. The van der Waals surface area contributed by atoms with Crippen molar-refractivity contribution in [3.8, 4) is 0 Å². The van der Waals surface area contributed by atoms with E-state index in [-0.39, 0.29) is 17.2 Å². The molecule has 3 aromatic rings. The molecule has 1 atom stereocenters. The lowest BCUT2D eigenvalue weighted by Gasteiger charge is -2.44. The van der Waals surface area contributed by atoms with E-state index in [0.717, 1.165) is 16.5 Å². The summed E-state index contributed by atoms with van der Waals surface area (Å²) in [5, 5.41) is 3.97. The van der Waals surface area contributed by atoms with Crippen LogP contribution in [0, 0.1) is 11.2 Å². The number of amides is 2. The van der Waals surface area contributed by atoms with Gasteiger partial charge in [-0.25, -0.2) is 4.39 Å². The highest BCUT2D eigenvalue weighted by molar-refractivity contribution is 6.39. The standard InChI is InChI=1S/C24H23ClFN3O2/c1-24(2)14-29(23(31)22(30)28-17-6-3-15(25)4-7-17)12-10-20(24)18-9-11-27-21-8-5-16(26)13-19(18)21/h3-9,11,13,20H,10,12,14H2,1-2H3,(H,28,30). The molecule has 7 heteroatoms. The Bertz CT molecular complexity index is 1150. The second kappa shape index (κ2) is 8.27. The molecule has 2 amide bonds. The number of nitrogens with one attached hydrogen (secondary N) is 1. The molecule has 1 unspecified atom stereocenters. The first kappa shape index (κ1) is 21.2. The topological polar surface area (TPSA) is 62.3 Å². The number of aromatic nitrogens is 1. The highest BCUT2D eigenvalue weighted by Gasteiger charge is 2.40. The van der Waals surface area contributed by atoms with E-state index in [1.807, 2.05) is 6.07 Å². The number of nitrogens with zero attached hydrogens (tertiary/aromatic N) is 2. The Morgan fingerprint density at radius 3 is 2.61 bits per heavy atom. The Morgan fingerprint density at radius 2 is 1.90 bits per heavy atom. The number of pyridine rings is 1. The van der Waals surface area contributed by atoms with Crippen LogP contribution in [0.1, 0.15) is 31.7 Å². The maximum absolute atomic E-state index is 13.9. The highest BCUT2D eigenvalue weighted by atomic mass is 35.5. The van der Waals surface area contributed by atoms with Crippen LogP contribution in [0.5, 0.6) is 0 Å². The Labute approximate surface area is 185 Å². The minimum atomic E-state index is -0.673. The van der Waals surface area contributed by atoms with Gasteiger partial charge in [0.25, 0.3) is 0 Å². The average molecular weight is 440 g/mol. The van der Waals surface area contributed by atoms with Crippen LogP contribution in [0.2, 0.25) is 5.02 Å². The molecule has 1 N–H and O–H groups in total. The van der Waals surface area contributed by atoms with Gasteiger partial charge in [0.15, 0.2) is 0 Å². The van der Waals surface area contributed by atoms with Gasteiger partial charge < -0.3 is 10.2 Å². The molecule has 0 spiro atoms. The first-order chi connectivity index (χ1) is 14.7. The molecule has 31 heavy (non-hydrogen) atoms. The van der Waals surface area contributed by atoms with E-state index < -0.39 is 11.8 Å². The van der Waals surface area contributed by atoms with Crippen LogP contribution in [0.25, 0.3) is 10.9 Å². The monoisotopic (exact) mass is 439 g/mol. The van der Waals surface area contributed by atoms with Crippen LogP contribution in [0.15, 0.2) is 54.7 Å². The van der Waals surface area contributed by atoms with Crippen molar-refractivity contribution in [1.82, 2.24) is 9.88 Å². The van der Waals surface area contributed by atoms with E-state index in [9.17, 15) is 14.0 Å². The van der Waals surface area contributed by atoms with E-state index in [1.165, 1.54) is 12.1 Å². The smallest absolute Gasteiger partial charge is 0.313 e. The van der Waals surface area contributed by atoms with Crippen molar-refractivity contribution in [3.63, 3.8) is 0 Å². The van der Waals surface area contributed by atoms with Crippen LogP contribution in [-0.4, -0.2) is 34.8 Å². The van der Waals surface area contributed by atoms with E-state index >= 15 is 0 Å². The number of hydrogen-bond acceptors (Lipinski definition) is 3. The van der Waals surface area contributed by atoms with Gasteiger partial charge in [-0.1, -0.05) is 25.4 Å².